The second kappa shape index (κ2) is 5.09. The summed E-state index contributed by atoms with van der Waals surface area (Å²) in [5.74, 6) is -0.632. The maximum Gasteiger partial charge on any atom is 0.190 e. The molecule has 3 heterocycles. The number of rotatable bonds is 3. The maximum atomic E-state index is 5.85. The molecule has 7 heteroatoms. The molecule has 0 aromatic carbocycles. The number of nitrogen functional groups attached to an aromatic ring is 1. The van der Waals surface area contributed by atoms with Crippen LogP contribution in [0.15, 0.2) is 12.3 Å². The van der Waals surface area contributed by atoms with E-state index in [4.69, 9.17) is 24.7 Å². The SMILES string of the molecule is COC1C(/C=C/c2cnc(N)s2)OC2OC(C)(C)OC21. The van der Waals surface area contributed by atoms with Crippen LogP contribution in [0.2, 0.25) is 0 Å². The number of methoxy groups -OCH3 is 1. The molecule has 6 nitrogen and oxygen atoms in total. The quantitative estimate of drug-likeness (QED) is 0.914. The van der Waals surface area contributed by atoms with E-state index in [9.17, 15) is 0 Å². The van der Waals surface area contributed by atoms with E-state index in [0.29, 0.717) is 5.13 Å². The van der Waals surface area contributed by atoms with Gasteiger partial charge in [0.25, 0.3) is 0 Å². The molecule has 2 saturated heterocycles. The van der Waals surface area contributed by atoms with E-state index < -0.39 is 12.1 Å². The van der Waals surface area contributed by atoms with Crippen LogP contribution in [0, 0.1) is 0 Å². The smallest absolute Gasteiger partial charge is 0.190 e. The lowest BCUT2D eigenvalue weighted by Gasteiger charge is -2.23. The number of hydrogen-bond acceptors (Lipinski definition) is 7. The van der Waals surface area contributed by atoms with Crippen LogP contribution >= 0.6 is 11.3 Å². The molecule has 0 aliphatic carbocycles. The Kier molecular flexibility index (Phi) is 3.55. The van der Waals surface area contributed by atoms with Crippen molar-refractivity contribution >= 4 is 22.5 Å². The van der Waals surface area contributed by atoms with Crippen molar-refractivity contribution in [1.29, 1.82) is 0 Å². The minimum absolute atomic E-state index is 0.191. The summed E-state index contributed by atoms with van der Waals surface area (Å²) in [7, 11) is 1.65. The second-order valence-electron chi connectivity index (χ2n) is 5.23. The predicted octanol–water partition coefficient (Wildman–Crippen LogP) is 1.63. The van der Waals surface area contributed by atoms with E-state index >= 15 is 0 Å². The fourth-order valence-electron chi connectivity index (χ4n) is 2.49. The average Bonchev–Trinajstić information content (AvgIpc) is 2.98. The Bertz CT molecular complexity index is 516. The van der Waals surface area contributed by atoms with Gasteiger partial charge in [0.15, 0.2) is 17.2 Å². The number of nitrogens with zero attached hydrogens (tertiary/aromatic N) is 1. The monoisotopic (exact) mass is 298 g/mol. The van der Waals surface area contributed by atoms with Crippen LogP contribution in [0.4, 0.5) is 5.13 Å². The van der Waals surface area contributed by atoms with Gasteiger partial charge in [-0.2, -0.15) is 0 Å². The van der Waals surface area contributed by atoms with Crippen LogP contribution < -0.4 is 5.73 Å². The number of nitrogens with two attached hydrogens (primary N) is 1. The van der Waals surface area contributed by atoms with Gasteiger partial charge in [0, 0.05) is 18.2 Å². The fourth-order valence-corrected chi connectivity index (χ4v) is 3.09. The van der Waals surface area contributed by atoms with Gasteiger partial charge < -0.3 is 24.7 Å². The van der Waals surface area contributed by atoms with Crippen LogP contribution in [-0.2, 0) is 18.9 Å². The van der Waals surface area contributed by atoms with Gasteiger partial charge in [-0.05, 0) is 19.9 Å². The fraction of sp³-hybridized carbons (Fsp3) is 0.615. The Labute approximate surface area is 121 Å². The summed E-state index contributed by atoms with van der Waals surface area (Å²) in [6, 6.07) is 0. The zero-order valence-electron chi connectivity index (χ0n) is 11.6. The Morgan fingerprint density at radius 2 is 2.25 bits per heavy atom. The first kappa shape index (κ1) is 14.0. The number of aromatic nitrogens is 1. The summed E-state index contributed by atoms with van der Waals surface area (Å²) < 4.78 is 22.9. The number of hydrogen-bond donors (Lipinski definition) is 1. The Morgan fingerprint density at radius 3 is 2.90 bits per heavy atom. The molecule has 20 heavy (non-hydrogen) atoms. The zero-order chi connectivity index (χ0) is 14.3. The molecule has 2 aliphatic rings. The van der Waals surface area contributed by atoms with Gasteiger partial charge in [0.05, 0.1) is 0 Å². The van der Waals surface area contributed by atoms with Gasteiger partial charge >= 0.3 is 0 Å². The van der Waals surface area contributed by atoms with Gasteiger partial charge in [0.2, 0.25) is 0 Å². The second-order valence-corrected chi connectivity index (χ2v) is 6.32. The zero-order valence-corrected chi connectivity index (χ0v) is 12.4. The average molecular weight is 298 g/mol. The molecular weight excluding hydrogens is 280 g/mol. The van der Waals surface area contributed by atoms with Crippen molar-refractivity contribution in [1.82, 2.24) is 4.98 Å². The van der Waals surface area contributed by atoms with E-state index in [2.05, 4.69) is 4.98 Å². The number of anilines is 1. The topological polar surface area (TPSA) is 75.8 Å². The van der Waals surface area contributed by atoms with Crippen molar-refractivity contribution in [3.8, 4) is 0 Å². The van der Waals surface area contributed by atoms with Gasteiger partial charge in [-0.3, -0.25) is 0 Å². The van der Waals surface area contributed by atoms with Crippen LogP contribution in [-0.4, -0.2) is 42.5 Å². The number of thiazole rings is 1. The summed E-state index contributed by atoms with van der Waals surface area (Å²) in [4.78, 5) is 4.97. The molecule has 2 N–H and O–H groups in total. The first-order valence-electron chi connectivity index (χ1n) is 6.42. The minimum Gasteiger partial charge on any atom is -0.375 e. The molecule has 110 valence electrons. The van der Waals surface area contributed by atoms with E-state index in [0.717, 1.165) is 4.88 Å². The largest absolute Gasteiger partial charge is 0.375 e. The predicted molar refractivity (Wildman–Crippen MR) is 75.1 cm³/mol. The summed E-state index contributed by atoms with van der Waals surface area (Å²) in [6.07, 6.45) is 4.57. The standard InChI is InChI=1S/C13H18N2O4S/c1-13(2)18-10-9(16-3)8(17-11(10)19-13)5-4-7-6-15-12(14)20-7/h4-6,8-11H,1-3H3,(H2,14,15)/b5-4+. The maximum absolute atomic E-state index is 5.85. The Balaban J connectivity index is 1.71. The molecule has 2 fully saturated rings. The first-order chi connectivity index (χ1) is 9.48. The molecule has 1 aromatic heterocycles. The molecule has 0 amide bonds. The molecule has 0 spiro atoms. The van der Waals surface area contributed by atoms with Crippen molar-refractivity contribution in [2.75, 3.05) is 12.8 Å². The highest BCUT2D eigenvalue weighted by Crippen LogP contribution is 2.39. The molecule has 0 radical (unpaired) electrons. The highest BCUT2D eigenvalue weighted by atomic mass is 32.1. The van der Waals surface area contributed by atoms with Crippen LogP contribution in [0.5, 0.6) is 0 Å². The third-order valence-corrected chi connectivity index (χ3v) is 4.08. The lowest BCUT2D eigenvalue weighted by atomic mass is 10.1. The first-order valence-corrected chi connectivity index (χ1v) is 7.23. The van der Waals surface area contributed by atoms with Crippen molar-refractivity contribution in [2.45, 2.75) is 44.2 Å². The van der Waals surface area contributed by atoms with Gasteiger partial charge in [-0.15, -0.1) is 0 Å². The van der Waals surface area contributed by atoms with Gasteiger partial charge in [-0.1, -0.05) is 17.4 Å². The molecule has 4 atom stereocenters. The summed E-state index contributed by atoms with van der Waals surface area (Å²) >= 11 is 1.42. The van der Waals surface area contributed by atoms with Crippen LogP contribution in [0.3, 0.4) is 0 Å². The molecule has 0 saturated carbocycles. The van der Waals surface area contributed by atoms with E-state index in [1.807, 2.05) is 26.0 Å². The van der Waals surface area contributed by atoms with Crippen molar-refractivity contribution in [3.63, 3.8) is 0 Å². The van der Waals surface area contributed by atoms with E-state index in [-0.39, 0.29) is 18.3 Å². The molecule has 1 aromatic rings. The number of fused-ring (bicyclic) bond motifs is 1. The molecular formula is C13H18N2O4S. The highest BCUT2D eigenvalue weighted by molar-refractivity contribution is 7.16. The third-order valence-electron chi connectivity index (χ3n) is 3.29. The molecule has 3 rings (SSSR count). The summed E-state index contributed by atoms with van der Waals surface area (Å²) in [5, 5.41) is 0.547. The number of ether oxygens (including phenoxy) is 4. The lowest BCUT2D eigenvalue weighted by Crippen LogP contribution is -2.35. The highest BCUT2D eigenvalue weighted by Gasteiger charge is 2.54. The van der Waals surface area contributed by atoms with E-state index in [1.54, 1.807) is 13.3 Å². The van der Waals surface area contributed by atoms with Crippen LogP contribution in [0.1, 0.15) is 18.7 Å². The van der Waals surface area contributed by atoms with Crippen molar-refractivity contribution in [2.24, 2.45) is 0 Å². The van der Waals surface area contributed by atoms with Gasteiger partial charge in [0.1, 0.15) is 18.3 Å². The Hall–Kier alpha value is -0.990. The Morgan fingerprint density at radius 1 is 1.45 bits per heavy atom. The molecule has 4 unspecified atom stereocenters. The summed E-state index contributed by atoms with van der Waals surface area (Å²) in [6.45, 7) is 3.73. The van der Waals surface area contributed by atoms with Gasteiger partial charge in [-0.25, -0.2) is 4.98 Å². The lowest BCUT2D eigenvalue weighted by molar-refractivity contribution is -0.210. The normalized spacial score (nSPS) is 35.8. The van der Waals surface area contributed by atoms with Crippen LogP contribution in [0.25, 0.3) is 6.08 Å². The van der Waals surface area contributed by atoms with Crippen molar-refractivity contribution < 1.29 is 18.9 Å². The minimum atomic E-state index is -0.632. The summed E-state index contributed by atoms with van der Waals surface area (Å²) in [5.41, 5.74) is 5.60. The molecule has 0 bridgehead atoms. The van der Waals surface area contributed by atoms with Crippen molar-refractivity contribution in [3.05, 3.63) is 17.2 Å². The molecule has 2 aliphatic heterocycles. The third kappa shape index (κ3) is 2.59. The van der Waals surface area contributed by atoms with E-state index in [1.165, 1.54) is 11.3 Å².